The van der Waals surface area contributed by atoms with Crippen LogP contribution in [0.1, 0.15) is 40.0 Å². The average molecular weight is 406 g/mol. The summed E-state index contributed by atoms with van der Waals surface area (Å²) in [6.07, 6.45) is 4.29. The molecule has 0 radical (unpaired) electrons. The molecule has 0 atom stereocenters. The number of hydrogen-bond donors (Lipinski definition) is 1. The molecule has 1 amide bonds. The summed E-state index contributed by atoms with van der Waals surface area (Å²) >= 11 is 0. The first kappa shape index (κ1) is 20.0. The molecule has 1 N–H and O–H groups in total. The Morgan fingerprint density at radius 3 is 2.63 bits per heavy atom. The molecule has 0 spiro atoms. The van der Waals surface area contributed by atoms with Gasteiger partial charge in [-0.1, -0.05) is 30.3 Å². The van der Waals surface area contributed by atoms with Crippen LogP contribution in [0.3, 0.4) is 0 Å². The third-order valence-corrected chi connectivity index (χ3v) is 5.36. The van der Waals surface area contributed by atoms with E-state index in [9.17, 15) is 14.0 Å². The van der Waals surface area contributed by atoms with Crippen LogP contribution in [0.25, 0.3) is 10.9 Å². The van der Waals surface area contributed by atoms with Gasteiger partial charge in [-0.15, -0.1) is 0 Å². The predicted molar refractivity (Wildman–Crippen MR) is 112 cm³/mol. The van der Waals surface area contributed by atoms with Crippen molar-refractivity contribution < 1.29 is 18.7 Å². The van der Waals surface area contributed by atoms with E-state index < -0.39 is 5.97 Å². The fraction of sp³-hybridized carbons (Fsp3) is 0.292. The maximum absolute atomic E-state index is 12.9. The second-order valence-electron chi connectivity index (χ2n) is 7.44. The quantitative estimate of drug-likeness (QED) is 0.633. The molecular weight excluding hydrogens is 383 g/mol. The zero-order valence-electron chi connectivity index (χ0n) is 16.6. The lowest BCUT2D eigenvalue weighted by molar-refractivity contribution is -0.124. The van der Waals surface area contributed by atoms with Crippen molar-refractivity contribution >= 4 is 22.8 Å². The van der Waals surface area contributed by atoms with Crippen LogP contribution in [0, 0.1) is 5.82 Å². The number of benzene rings is 2. The molecule has 0 saturated heterocycles. The van der Waals surface area contributed by atoms with E-state index in [4.69, 9.17) is 9.72 Å². The zero-order valence-corrected chi connectivity index (χ0v) is 16.6. The molecule has 0 fully saturated rings. The Morgan fingerprint density at radius 1 is 1.03 bits per heavy atom. The second kappa shape index (κ2) is 9.03. The van der Waals surface area contributed by atoms with E-state index in [0.717, 1.165) is 53.4 Å². The number of carbonyl (C=O) groups is 2. The van der Waals surface area contributed by atoms with Gasteiger partial charge in [-0.2, -0.15) is 0 Å². The number of pyridine rings is 1. The van der Waals surface area contributed by atoms with Crippen LogP contribution >= 0.6 is 0 Å². The SMILES string of the molecule is O=C(COC(=O)c1c2c(nc3ccccc13)CCCC2)NCCc1ccc(F)cc1. The maximum Gasteiger partial charge on any atom is 0.339 e. The number of ether oxygens (including phenoxy) is 1. The van der Waals surface area contributed by atoms with E-state index in [1.165, 1.54) is 12.1 Å². The summed E-state index contributed by atoms with van der Waals surface area (Å²) in [5.41, 5.74) is 4.13. The van der Waals surface area contributed by atoms with Crippen molar-refractivity contribution in [2.24, 2.45) is 0 Å². The van der Waals surface area contributed by atoms with Gasteiger partial charge >= 0.3 is 5.97 Å². The number of para-hydroxylation sites is 1. The standard InChI is InChI=1S/C24H23FN2O3/c25-17-11-9-16(10-12-17)13-14-26-22(28)15-30-24(29)23-18-5-1-3-7-20(18)27-21-8-4-2-6-19(21)23/h1,3,5,7,9-12H,2,4,6,8,13-15H2,(H,26,28). The number of nitrogens with zero attached hydrogens (tertiary/aromatic N) is 1. The third-order valence-electron chi connectivity index (χ3n) is 5.36. The fourth-order valence-corrected chi connectivity index (χ4v) is 3.86. The van der Waals surface area contributed by atoms with Crippen molar-refractivity contribution in [2.45, 2.75) is 32.1 Å². The van der Waals surface area contributed by atoms with Crippen LogP contribution in [-0.2, 0) is 28.8 Å². The highest BCUT2D eigenvalue weighted by Gasteiger charge is 2.24. The number of nitrogens with one attached hydrogen (secondary N) is 1. The van der Waals surface area contributed by atoms with Gasteiger partial charge in [-0.25, -0.2) is 9.18 Å². The predicted octanol–water partition coefficient (Wildman–Crippen LogP) is 3.77. The molecule has 0 bridgehead atoms. The monoisotopic (exact) mass is 406 g/mol. The molecule has 30 heavy (non-hydrogen) atoms. The lowest BCUT2D eigenvalue weighted by atomic mass is 9.90. The van der Waals surface area contributed by atoms with Gasteiger partial charge < -0.3 is 10.1 Å². The van der Waals surface area contributed by atoms with Crippen LogP contribution in [0.4, 0.5) is 4.39 Å². The molecule has 1 aliphatic rings. The molecule has 0 aliphatic heterocycles. The third kappa shape index (κ3) is 4.48. The highest BCUT2D eigenvalue weighted by molar-refractivity contribution is 6.05. The van der Waals surface area contributed by atoms with Gasteiger partial charge in [-0.05, 0) is 61.4 Å². The van der Waals surface area contributed by atoms with Crippen molar-refractivity contribution in [3.63, 3.8) is 0 Å². The Labute approximate surface area is 174 Å². The molecule has 6 heteroatoms. The summed E-state index contributed by atoms with van der Waals surface area (Å²) in [5.74, 6) is -1.14. The minimum atomic E-state index is -0.486. The Hall–Kier alpha value is -3.28. The minimum absolute atomic E-state index is 0.291. The van der Waals surface area contributed by atoms with E-state index in [0.29, 0.717) is 18.5 Å². The van der Waals surface area contributed by atoms with Crippen LogP contribution < -0.4 is 5.32 Å². The largest absolute Gasteiger partial charge is 0.452 e. The number of rotatable bonds is 6. The molecule has 5 nitrogen and oxygen atoms in total. The van der Waals surface area contributed by atoms with E-state index in [-0.39, 0.29) is 18.3 Å². The minimum Gasteiger partial charge on any atom is -0.452 e. The molecular formula is C24H23FN2O3. The molecule has 1 aromatic heterocycles. The normalized spacial score (nSPS) is 13.0. The highest BCUT2D eigenvalue weighted by atomic mass is 19.1. The average Bonchev–Trinajstić information content (AvgIpc) is 2.77. The summed E-state index contributed by atoms with van der Waals surface area (Å²) in [6.45, 7) is 0.0449. The van der Waals surface area contributed by atoms with Crippen molar-refractivity contribution in [1.29, 1.82) is 0 Å². The number of amides is 1. The number of halogens is 1. The molecule has 4 rings (SSSR count). The molecule has 1 heterocycles. The van der Waals surface area contributed by atoms with Crippen LogP contribution in [0.5, 0.6) is 0 Å². The van der Waals surface area contributed by atoms with Gasteiger partial charge in [0.05, 0.1) is 11.1 Å². The number of hydrogen-bond acceptors (Lipinski definition) is 4. The number of carbonyl (C=O) groups excluding carboxylic acids is 2. The second-order valence-corrected chi connectivity index (χ2v) is 7.44. The van der Waals surface area contributed by atoms with Crippen molar-refractivity contribution in [3.8, 4) is 0 Å². The number of fused-ring (bicyclic) bond motifs is 2. The van der Waals surface area contributed by atoms with E-state index in [1.807, 2.05) is 24.3 Å². The summed E-state index contributed by atoms with van der Waals surface area (Å²) < 4.78 is 18.3. The van der Waals surface area contributed by atoms with Crippen LogP contribution in [0.15, 0.2) is 48.5 Å². The molecule has 154 valence electrons. The summed E-state index contributed by atoms with van der Waals surface area (Å²) in [4.78, 5) is 29.7. The van der Waals surface area contributed by atoms with Crippen LogP contribution in [-0.4, -0.2) is 30.0 Å². The molecule has 2 aromatic carbocycles. The van der Waals surface area contributed by atoms with Crippen LogP contribution in [0.2, 0.25) is 0 Å². The van der Waals surface area contributed by atoms with Crippen molar-refractivity contribution in [3.05, 3.63) is 76.7 Å². The molecule has 0 saturated carbocycles. The molecule has 0 unspecified atom stereocenters. The van der Waals surface area contributed by atoms with Gasteiger partial charge in [0, 0.05) is 17.6 Å². The lowest BCUT2D eigenvalue weighted by Crippen LogP contribution is -2.30. The molecule has 1 aliphatic carbocycles. The van der Waals surface area contributed by atoms with Gasteiger partial charge in [0.15, 0.2) is 6.61 Å². The number of aryl methyl sites for hydroxylation is 1. The Balaban J connectivity index is 1.39. The number of aromatic nitrogens is 1. The first-order valence-electron chi connectivity index (χ1n) is 10.2. The molecule has 3 aromatic rings. The Morgan fingerprint density at radius 2 is 1.80 bits per heavy atom. The smallest absolute Gasteiger partial charge is 0.339 e. The first-order chi connectivity index (χ1) is 14.6. The van der Waals surface area contributed by atoms with E-state index in [2.05, 4.69) is 5.32 Å². The van der Waals surface area contributed by atoms with Gasteiger partial charge in [0.2, 0.25) is 0 Å². The number of esters is 1. The Bertz CT molecular complexity index is 1080. The first-order valence-corrected chi connectivity index (χ1v) is 10.2. The van der Waals surface area contributed by atoms with Gasteiger partial charge in [0.1, 0.15) is 5.82 Å². The summed E-state index contributed by atoms with van der Waals surface area (Å²) in [7, 11) is 0. The van der Waals surface area contributed by atoms with E-state index >= 15 is 0 Å². The highest BCUT2D eigenvalue weighted by Crippen LogP contribution is 2.29. The van der Waals surface area contributed by atoms with Gasteiger partial charge in [0.25, 0.3) is 5.91 Å². The maximum atomic E-state index is 12.9. The summed E-state index contributed by atoms with van der Waals surface area (Å²) in [6, 6.07) is 13.7. The fourth-order valence-electron chi connectivity index (χ4n) is 3.86. The Kier molecular flexibility index (Phi) is 6.02. The van der Waals surface area contributed by atoms with Crippen molar-refractivity contribution in [1.82, 2.24) is 10.3 Å². The van der Waals surface area contributed by atoms with Gasteiger partial charge in [-0.3, -0.25) is 9.78 Å². The summed E-state index contributed by atoms with van der Waals surface area (Å²) in [5, 5.41) is 3.49. The van der Waals surface area contributed by atoms with Crippen molar-refractivity contribution in [2.75, 3.05) is 13.2 Å². The topological polar surface area (TPSA) is 68.3 Å². The lowest BCUT2D eigenvalue weighted by Gasteiger charge is -2.19. The zero-order chi connectivity index (χ0) is 20.9. The van der Waals surface area contributed by atoms with E-state index in [1.54, 1.807) is 12.1 Å².